The fourth-order valence-electron chi connectivity index (χ4n) is 1.63. The van der Waals surface area contributed by atoms with Gasteiger partial charge in [-0.2, -0.15) is 4.98 Å². The Morgan fingerprint density at radius 1 is 1.44 bits per heavy atom. The molecule has 5 nitrogen and oxygen atoms in total. The van der Waals surface area contributed by atoms with E-state index in [9.17, 15) is 0 Å². The van der Waals surface area contributed by atoms with Crippen LogP contribution < -0.4 is 10.2 Å². The van der Waals surface area contributed by atoms with Crippen molar-refractivity contribution in [2.45, 2.75) is 13.5 Å². The largest absolute Gasteiger partial charge is 0.464 e. The molecule has 0 bridgehead atoms. The highest BCUT2D eigenvalue weighted by molar-refractivity contribution is 9.10. The second-order valence-corrected chi connectivity index (χ2v) is 4.84. The Morgan fingerprint density at radius 3 is 2.83 bits per heavy atom. The summed E-state index contributed by atoms with van der Waals surface area (Å²) in [6.07, 6.45) is 1.73. The number of anilines is 2. The smallest absolute Gasteiger partial charge is 0.224 e. The number of nitrogens with one attached hydrogen (secondary N) is 1. The number of aryl methyl sites for hydroxylation is 1. The second-order valence-electron chi connectivity index (χ2n) is 3.98. The topological polar surface area (TPSA) is 54.2 Å². The number of rotatable bonds is 4. The molecule has 0 aliphatic carbocycles. The fraction of sp³-hybridized carbons (Fsp3) is 0.333. The summed E-state index contributed by atoms with van der Waals surface area (Å²) < 4.78 is 6.41. The molecule has 2 aromatic heterocycles. The minimum Gasteiger partial charge on any atom is -0.464 e. The molecule has 18 heavy (non-hydrogen) atoms. The van der Waals surface area contributed by atoms with Crippen LogP contribution in [-0.2, 0) is 6.54 Å². The highest BCUT2D eigenvalue weighted by Crippen LogP contribution is 2.24. The zero-order chi connectivity index (χ0) is 13.1. The van der Waals surface area contributed by atoms with Crippen LogP contribution in [0, 0.1) is 6.92 Å². The van der Waals surface area contributed by atoms with Gasteiger partial charge >= 0.3 is 0 Å². The van der Waals surface area contributed by atoms with Crippen molar-refractivity contribution in [3.63, 3.8) is 0 Å². The van der Waals surface area contributed by atoms with Crippen molar-refractivity contribution in [2.75, 3.05) is 24.3 Å². The number of nitrogens with zero attached hydrogens (tertiary/aromatic N) is 3. The van der Waals surface area contributed by atoms with Crippen molar-refractivity contribution in [3.05, 3.63) is 34.3 Å². The molecule has 0 saturated heterocycles. The van der Waals surface area contributed by atoms with Gasteiger partial charge in [-0.15, -0.1) is 0 Å². The van der Waals surface area contributed by atoms with E-state index < -0.39 is 0 Å². The van der Waals surface area contributed by atoms with Gasteiger partial charge in [-0.3, -0.25) is 0 Å². The van der Waals surface area contributed by atoms with Gasteiger partial charge in [-0.1, -0.05) is 0 Å². The summed E-state index contributed by atoms with van der Waals surface area (Å²) in [5.74, 6) is 3.24. The van der Waals surface area contributed by atoms with Crippen LogP contribution in [0.25, 0.3) is 0 Å². The highest BCUT2D eigenvalue weighted by Gasteiger charge is 2.11. The summed E-state index contributed by atoms with van der Waals surface area (Å²) in [5, 5.41) is 2.92. The lowest BCUT2D eigenvalue weighted by atomic mass is 10.4. The molecule has 0 aliphatic rings. The van der Waals surface area contributed by atoms with Gasteiger partial charge in [0.2, 0.25) is 5.95 Å². The molecule has 0 radical (unpaired) electrons. The lowest BCUT2D eigenvalue weighted by Gasteiger charge is -2.18. The Morgan fingerprint density at radius 2 is 2.22 bits per heavy atom. The van der Waals surface area contributed by atoms with Gasteiger partial charge in [-0.25, -0.2) is 4.98 Å². The van der Waals surface area contributed by atoms with Gasteiger partial charge in [0.15, 0.2) is 0 Å². The van der Waals surface area contributed by atoms with Gasteiger partial charge in [-0.05, 0) is 35.0 Å². The zero-order valence-corrected chi connectivity index (χ0v) is 12.2. The molecule has 6 heteroatoms. The van der Waals surface area contributed by atoms with Crippen LogP contribution >= 0.6 is 15.9 Å². The molecule has 0 amide bonds. The molecule has 0 fully saturated rings. The zero-order valence-electron chi connectivity index (χ0n) is 10.6. The second kappa shape index (κ2) is 5.39. The van der Waals surface area contributed by atoms with E-state index in [4.69, 9.17) is 4.42 Å². The molecule has 0 saturated carbocycles. The molecular formula is C12H15BrN4O. The molecule has 0 unspecified atom stereocenters. The molecule has 0 aliphatic heterocycles. The lowest BCUT2D eigenvalue weighted by Crippen LogP contribution is -2.18. The predicted molar refractivity (Wildman–Crippen MR) is 74.8 cm³/mol. The molecule has 2 aromatic rings. The van der Waals surface area contributed by atoms with Crippen LogP contribution in [0.5, 0.6) is 0 Å². The molecule has 0 spiro atoms. The molecule has 2 heterocycles. The lowest BCUT2D eigenvalue weighted by molar-refractivity contribution is 0.481. The van der Waals surface area contributed by atoms with Gasteiger partial charge in [0, 0.05) is 20.3 Å². The third-order valence-electron chi connectivity index (χ3n) is 2.50. The van der Waals surface area contributed by atoms with E-state index >= 15 is 0 Å². The Bertz CT molecular complexity index is 541. The maximum absolute atomic E-state index is 5.56. The average molecular weight is 311 g/mol. The molecular weight excluding hydrogens is 296 g/mol. The van der Waals surface area contributed by atoms with E-state index in [-0.39, 0.29) is 0 Å². The maximum Gasteiger partial charge on any atom is 0.224 e. The third kappa shape index (κ3) is 2.81. The van der Waals surface area contributed by atoms with Crippen LogP contribution in [0.15, 0.2) is 27.2 Å². The Labute approximate surface area is 114 Å². The first-order valence-electron chi connectivity index (χ1n) is 5.57. The van der Waals surface area contributed by atoms with E-state index in [0.717, 1.165) is 21.8 Å². The van der Waals surface area contributed by atoms with Crippen LogP contribution in [-0.4, -0.2) is 24.1 Å². The molecule has 0 atom stereocenters. The van der Waals surface area contributed by atoms with Crippen molar-refractivity contribution >= 4 is 27.7 Å². The first-order chi connectivity index (χ1) is 8.60. The van der Waals surface area contributed by atoms with Crippen molar-refractivity contribution in [3.8, 4) is 0 Å². The van der Waals surface area contributed by atoms with Crippen LogP contribution in [0.2, 0.25) is 0 Å². The number of furan rings is 1. The van der Waals surface area contributed by atoms with E-state index in [1.54, 1.807) is 13.2 Å². The van der Waals surface area contributed by atoms with Crippen molar-refractivity contribution in [1.29, 1.82) is 0 Å². The quantitative estimate of drug-likeness (QED) is 0.941. The Balaban J connectivity index is 2.20. The van der Waals surface area contributed by atoms with Gasteiger partial charge in [0.25, 0.3) is 0 Å². The minimum atomic E-state index is 0.593. The minimum absolute atomic E-state index is 0.593. The Kier molecular flexibility index (Phi) is 3.86. The van der Waals surface area contributed by atoms with Crippen LogP contribution in [0.4, 0.5) is 11.8 Å². The van der Waals surface area contributed by atoms with Crippen molar-refractivity contribution < 1.29 is 4.42 Å². The van der Waals surface area contributed by atoms with Gasteiger partial charge < -0.3 is 14.6 Å². The fourth-order valence-corrected chi connectivity index (χ4v) is 2.12. The van der Waals surface area contributed by atoms with Crippen LogP contribution in [0.1, 0.15) is 11.5 Å². The van der Waals surface area contributed by atoms with E-state index in [0.29, 0.717) is 12.5 Å². The summed E-state index contributed by atoms with van der Waals surface area (Å²) in [4.78, 5) is 10.5. The molecule has 2 rings (SSSR count). The highest BCUT2D eigenvalue weighted by atomic mass is 79.9. The standard InChI is InChI=1S/C12H15BrN4O/c1-8-4-5-9(18-8)7-17(3)11-10(13)6-15-12(14-2)16-11/h4-6H,7H2,1-3H3,(H,14,15,16). The normalized spacial score (nSPS) is 10.4. The maximum atomic E-state index is 5.56. The molecule has 96 valence electrons. The van der Waals surface area contributed by atoms with Crippen molar-refractivity contribution in [2.24, 2.45) is 0 Å². The van der Waals surface area contributed by atoms with Gasteiger partial charge in [0.1, 0.15) is 17.3 Å². The number of hydrogen-bond donors (Lipinski definition) is 1. The number of hydrogen-bond acceptors (Lipinski definition) is 5. The summed E-state index contributed by atoms with van der Waals surface area (Å²) in [7, 11) is 3.76. The number of aromatic nitrogens is 2. The first-order valence-corrected chi connectivity index (χ1v) is 6.36. The SMILES string of the molecule is CNc1ncc(Br)c(N(C)Cc2ccc(C)o2)n1. The van der Waals surface area contributed by atoms with E-state index in [1.807, 2.05) is 31.0 Å². The molecule has 0 aromatic carbocycles. The summed E-state index contributed by atoms with van der Waals surface area (Å²) in [6, 6.07) is 3.93. The van der Waals surface area contributed by atoms with Crippen molar-refractivity contribution in [1.82, 2.24) is 9.97 Å². The van der Waals surface area contributed by atoms with Crippen LogP contribution in [0.3, 0.4) is 0 Å². The predicted octanol–water partition coefficient (Wildman–Crippen LogP) is 2.82. The van der Waals surface area contributed by atoms with Gasteiger partial charge in [0.05, 0.1) is 11.0 Å². The summed E-state index contributed by atoms with van der Waals surface area (Å²) in [5.41, 5.74) is 0. The molecule has 1 N–H and O–H groups in total. The Hall–Kier alpha value is -1.56. The monoisotopic (exact) mass is 310 g/mol. The number of halogens is 1. The summed E-state index contributed by atoms with van der Waals surface area (Å²) >= 11 is 3.45. The third-order valence-corrected chi connectivity index (χ3v) is 3.06. The summed E-state index contributed by atoms with van der Waals surface area (Å²) in [6.45, 7) is 2.59. The first kappa shape index (κ1) is 12.9. The van der Waals surface area contributed by atoms with E-state index in [2.05, 4.69) is 31.2 Å². The average Bonchev–Trinajstić information content (AvgIpc) is 2.75. The van der Waals surface area contributed by atoms with E-state index in [1.165, 1.54) is 0 Å².